The van der Waals surface area contributed by atoms with Gasteiger partial charge >= 0.3 is 0 Å². The van der Waals surface area contributed by atoms with Crippen molar-refractivity contribution >= 4 is 0 Å². The van der Waals surface area contributed by atoms with Crippen LogP contribution in [0.4, 0.5) is 0 Å². The van der Waals surface area contributed by atoms with Gasteiger partial charge in [-0.3, -0.25) is 4.90 Å². The first kappa shape index (κ1) is 14.8. The van der Waals surface area contributed by atoms with Gasteiger partial charge in [-0.05, 0) is 58.0 Å². The molecule has 0 radical (unpaired) electrons. The Bertz CT molecular complexity index is 291. The molecule has 3 heteroatoms. The van der Waals surface area contributed by atoms with Gasteiger partial charge in [-0.1, -0.05) is 12.8 Å². The maximum atomic E-state index is 5.51. The second kappa shape index (κ2) is 7.24. The van der Waals surface area contributed by atoms with E-state index in [4.69, 9.17) is 4.74 Å². The first-order chi connectivity index (χ1) is 9.88. The average molecular weight is 280 g/mol. The monoisotopic (exact) mass is 280 g/mol. The minimum Gasteiger partial charge on any atom is -0.380 e. The molecule has 2 saturated heterocycles. The molecule has 3 rings (SSSR count). The largest absolute Gasteiger partial charge is 0.380 e. The molecule has 0 N–H and O–H groups in total. The quantitative estimate of drug-likeness (QED) is 0.696. The van der Waals surface area contributed by atoms with Crippen molar-refractivity contribution in [2.45, 2.75) is 64.0 Å². The lowest BCUT2D eigenvalue weighted by atomic mass is 9.95. The Morgan fingerprint density at radius 2 is 1.85 bits per heavy atom. The molecular weight excluding hydrogens is 248 g/mol. The van der Waals surface area contributed by atoms with Crippen molar-refractivity contribution in [2.24, 2.45) is 5.92 Å². The van der Waals surface area contributed by atoms with E-state index in [1.54, 1.807) is 0 Å². The van der Waals surface area contributed by atoms with E-state index in [9.17, 15) is 0 Å². The van der Waals surface area contributed by atoms with Gasteiger partial charge < -0.3 is 9.64 Å². The highest BCUT2D eigenvalue weighted by molar-refractivity contribution is 4.94. The van der Waals surface area contributed by atoms with Crippen LogP contribution in [0.5, 0.6) is 0 Å². The van der Waals surface area contributed by atoms with Gasteiger partial charge in [0.1, 0.15) is 0 Å². The molecule has 1 saturated carbocycles. The molecule has 0 aromatic heterocycles. The third-order valence-corrected chi connectivity index (χ3v) is 5.74. The number of likely N-dealkylation sites (tertiary alicyclic amines) is 2. The van der Waals surface area contributed by atoms with E-state index in [1.807, 2.05) is 0 Å². The summed E-state index contributed by atoms with van der Waals surface area (Å²) in [5, 5.41) is 0. The molecular formula is C17H32N2O. The van der Waals surface area contributed by atoms with Crippen LogP contribution in [0, 0.1) is 5.92 Å². The Labute approximate surface area is 124 Å². The zero-order valence-electron chi connectivity index (χ0n) is 13.2. The van der Waals surface area contributed by atoms with Crippen molar-refractivity contribution in [1.29, 1.82) is 0 Å². The summed E-state index contributed by atoms with van der Waals surface area (Å²) in [6, 6.07) is 1.83. The second-order valence-electron chi connectivity index (χ2n) is 6.93. The van der Waals surface area contributed by atoms with Gasteiger partial charge in [0.25, 0.3) is 0 Å². The van der Waals surface area contributed by atoms with Gasteiger partial charge in [0.05, 0.1) is 6.61 Å². The van der Waals surface area contributed by atoms with Crippen molar-refractivity contribution in [3.8, 4) is 0 Å². The Hall–Kier alpha value is -0.120. The molecule has 2 aliphatic heterocycles. The van der Waals surface area contributed by atoms with Crippen molar-refractivity contribution in [3.63, 3.8) is 0 Å². The molecule has 0 aromatic carbocycles. The average Bonchev–Trinajstić information content (AvgIpc) is 3.19. The number of ether oxygens (including phenoxy) is 1. The fourth-order valence-corrected chi connectivity index (χ4v) is 4.73. The summed E-state index contributed by atoms with van der Waals surface area (Å²) in [7, 11) is 0. The molecule has 20 heavy (non-hydrogen) atoms. The molecule has 116 valence electrons. The van der Waals surface area contributed by atoms with Crippen LogP contribution in [0.1, 0.15) is 51.9 Å². The highest BCUT2D eigenvalue weighted by atomic mass is 16.5. The Balaban J connectivity index is 1.48. The smallest absolute Gasteiger partial charge is 0.0593 e. The maximum Gasteiger partial charge on any atom is 0.0593 e. The highest BCUT2D eigenvalue weighted by Crippen LogP contribution is 2.35. The Morgan fingerprint density at radius 1 is 1.00 bits per heavy atom. The van der Waals surface area contributed by atoms with Gasteiger partial charge in [-0.2, -0.15) is 0 Å². The summed E-state index contributed by atoms with van der Waals surface area (Å²) in [5.74, 6) is 0.930. The van der Waals surface area contributed by atoms with Crippen molar-refractivity contribution in [1.82, 2.24) is 9.80 Å². The minimum atomic E-state index is 0.856. The van der Waals surface area contributed by atoms with Crippen LogP contribution in [0.15, 0.2) is 0 Å². The summed E-state index contributed by atoms with van der Waals surface area (Å²) < 4.78 is 5.51. The van der Waals surface area contributed by atoms with Crippen LogP contribution in [-0.4, -0.2) is 61.3 Å². The predicted octanol–water partition coefficient (Wildman–Crippen LogP) is 2.75. The number of hydrogen-bond acceptors (Lipinski definition) is 3. The van der Waals surface area contributed by atoms with E-state index in [1.165, 1.54) is 64.6 Å². The first-order valence-corrected chi connectivity index (χ1v) is 8.94. The van der Waals surface area contributed by atoms with Gasteiger partial charge in [0, 0.05) is 31.8 Å². The summed E-state index contributed by atoms with van der Waals surface area (Å²) in [4.78, 5) is 5.54. The highest BCUT2D eigenvalue weighted by Gasteiger charge is 2.39. The van der Waals surface area contributed by atoms with Crippen molar-refractivity contribution in [3.05, 3.63) is 0 Å². The van der Waals surface area contributed by atoms with Crippen LogP contribution in [0.2, 0.25) is 0 Å². The van der Waals surface area contributed by atoms with E-state index < -0.39 is 0 Å². The molecule has 0 bridgehead atoms. The van der Waals surface area contributed by atoms with Crippen LogP contribution < -0.4 is 0 Å². The minimum absolute atomic E-state index is 0.856. The maximum absolute atomic E-state index is 5.51. The Kier molecular flexibility index (Phi) is 5.36. The lowest BCUT2D eigenvalue weighted by Gasteiger charge is -2.34. The molecule has 3 nitrogen and oxygen atoms in total. The van der Waals surface area contributed by atoms with Crippen molar-refractivity contribution in [2.75, 3.05) is 39.4 Å². The second-order valence-corrected chi connectivity index (χ2v) is 6.93. The zero-order chi connectivity index (χ0) is 13.8. The summed E-state index contributed by atoms with van der Waals surface area (Å²) in [6.45, 7) is 9.00. The van der Waals surface area contributed by atoms with Crippen LogP contribution in [0.25, 0.3) is 0 Å². The van der Waals surface area contributed by atoms with E-state index in [2.05, 4.69) is 16.7 Å². The van der Waals surface area contributed by atoms with Crippen LogP contribution >= 0.6 is 0 Å². The third-order valence-electron chi connectivity index (χ3n) is 5.74. The molecule has 0 amide bonds. The molecule has 3 aliphatic rings. The molecule has 3 fully saturated rings. The lowest BCUT2D eigenvalue weighted by molar-refractivity contribution is 0.111. The van der Waals surface area contributed by atoms with E-state index in [0.717, 1.165) is 37.8 Å². The van der Waals surface area contributed by atoms with Gasteiger partial charge in [-0.25, -0.2) is 0 Å². The normalized spacial score (nSPS) is 33.5. The van der Waals surface area contributed by atoms with E-state index in [-0.39, 0.29) is 0 Å². The fourth-order valence-electron chi connectivity index (χ4n) is 4.73. The number of hydrogen-bond donors (Lipinski definition) is 0. The van der Waals surface area contributed by atoms with E-state index in [0.29, 0.717) is 0 Å². The molecule has 2 heterocycles. The number of rotatable bonds is 6. The van der Waals surface area contributed by atoms with E-state index >= 15 is 0 Å². The van der Waals surface area contributed by atoms with Gasteiger partial charge in [0.15, 0.2) is 0 Å². The first-order valence-electron chi connectivity index (χ1n) is 8.94. The molecule has 0 spiro atoms. The summed E-state index contributed by atoms with van der Waals surface area (Å²) in [5.41, 5.74) is 0. The van der Waals surface area contributed by atoms with Crippen LogP contribution in [-0.2, 0) is 4.74 Å². The molecule has 2 atom stereocenters. The Morgan fingerprint density at radius 3 is 2.65 bits per heavy atom. The SMILES string of the molecule is CCOCCN1CCC(C2CCCN2C2CCCC2)C1. The van der Waals surface area contributed by atoms with Crippen molar-refractivity contribution < 1.29 is 4.74 Å². The molecule has 1 aliphatic carbocycles. The topological polar surface area (TPSA) is 15.7 Å². The molecule has 0 aromatic rings. The third kappa shape index (κ3) is 3.37. The standard InChI is InChI=1S/C17H32N2O/c1-2-20-13-12-18-11-9-15(14-18)17-8-5-10-19(17)16-6-3-4-7-16/h15-17H,2-14H2,1H3. The zero-order valence-corrected chi connectivity index (χ0v) is 13.2. The number of nitrogens with zero attached hydrogens (tertiary/aromatic N) is 2. The summed E-state index contributed by atoms with van der Waals surface area (Å²) >= 11 is 0. The summed E-state index contributed by atoms with van der Waals surface area (Å²) in [6.07, 6.45) is 10.2. The predicted molar refractivity (Wildman–Crippen MR) is 83.0 cm³/mol. The van der Waals surface area contributed by atoms with Crippen LogP contribution in [0.3, 0.4) is 0 Å². The lowest BCUT2D eigenvalue weighted by Crippen LogP contribution is -2.42. The fraction of sp³-hybridized carbons (Fsp3) is 1.00. The van der Waals surface area contributed by atoms with Gasteiger partial charge in [0.2, 0.25) is 0 Å². The molecule has 2 unspecified atom stereocenters. The van der Waals surface area contributed by atoms with Gasteiger partial charge in [-0.15, -0.1) is 0 Å².